The summed E-state index contributed by atoms with van der Waals surface area (Å²) < 4.78 is 18.0. The molecule has 28 heavy (non-hydrogen) atoms. The standard InChI is InChI=1S/C23H41NO4/c1-21(2,3)11-9-12-22(4,5)19-18(26-6)17(10-13-23(19)16-27-23)28-20(25)24-14-7-8-15-24/h17-19H,7-16H2,1-6H3. The van der Waals surface area contributed by atoms with Crippen molar-refractivity contribution < 1.29 is 19.0 Å². The fourth-order valence-corrected chi connectivity index (χ4v) is 5.54. The van der Waals surface area contributed by atoms with E-state index in [1.165, 1.54) is 12.8 Å². The normalized spacial score (nSPS) is 33.4. The molecule has 2 aliphatic heterocycles. The first-order valence-electron chi connectivity index (χ1n) is 11.2. The van der Waals surface area contributed by atoms with Gasteiger partial charge in [0.1, 0.15) is 12.2 Å². The predicted molar refractivity (Wildman–Crippen MR) is 110 cm³/mol. The van der Waals surface area contributed by atoms with Crippen LogP contribution in [0.5, 0.6) is 0 Å². The number of epoxide rings is 1. The molecule has 0 bridgehead atoms. The molecular weight excluding hydrogens is 354 g/mol. The lowest BCUT2D eigenvalue weighted by Crippen LogP contribution is -2.55. The minimum absolute atomic E-state index is 0.0706. The molecule has 5 heteroatoms. The molecule has 0 aromatic heterocycles. The first-order valence-corrected chi connectivity index (χ1v) is 11.2. The molecule has 4 unspecified atom stereocenters. The summed E-state index contributed by atoms with van der Waals surface area (Å²) in [6.07, 6.45) is 7.02. The molecule has 0 N–H and O–H groups in total. The van der Waals surface area contributed by atoms with Gasteiger partial charge in [-0.3, -0.25) is 0 Å². The number of carbonyl (C=O) groups is 1. The van der Waals surface area contributed by atoms with E-state index in [1.54, 1.807) is 7.11 Å². The number of hydrogen-bond donors (Lipinski definition) is 0. The highest BCUT2D eigenvalue weighted by Crippen LogP contribution is 2.56. The fraction of sp³-hybridized carbons (Fsp3) is 0.957. The van der Waals surface area contributed by atoms with Gasteiger partial charge in [-0.15, -0.1) is 0 Å². The Kier molecular flexibility index (Phi) is 6.36. The molecule has 2 heterocycles. The average Bonchev–Trinajstić information content (AvgIpc) is 3.14. The van der Waals surface area contributed by atoms with Crippen LogP contribution in [0.1, 0.15) is 79.6 Å². The van der Waals surface area contributed by atoms with Crippen molar-refractivity contribution in [1.82, 2.24) is 4.90 Å². The number of amides is 1. The minimum atomic E-state index is -0.181. The third kappa shape index (κ3) is 4.84. The molecule has 2 saturated heterocycles. The number of rotatable bonds is 6. The maximum Gasteiger partial charge on any atom is 0.410 e. The second-order valence-electron chi connectivity index (χ2n) is 11.1. The number of methoxy groups -OCH3 is 1. The van der Waals surface area contributed by atoms with E-state index in [0.29, 0.717) is 5.41 Å². The van der Waals surface area contributed by atoms with Crippen LogP contribution in [-0.4, -0.2) is 55.6 Å². The monoisotopic (exact) mass is 395 g/mol. The van der Waals surface area contributed by atoms with Crippen LogP contribution in [0.4, 0.5) is 4.79 Å². The zero-order chi connectivity index (χ0) is 20.6. The van der Waals surface area contributed by atoms with E-state index in [1.807, 2.05) is 4.90 Å². The Labute approximate surface area is 171 Å². The summed E-state index contributed by atoms with van der Waals surface area (Å²) in [5, 5.41) is 0. The number of likely N-dealkylation sites (tertiary alicyclic amines) is 1. The van der Waals surface area contributed by atoms with Crippen LogP contribution in [-0.2, 0) is 14.2 Å². The van der Waals surface area contributed by atoms with Crippen molar-refractivity contribution in [1.29, 1.82) is 0 Å². The topological polar surface area (TPSA) is 51.3 Å². The van der Waals surface area contributed by atoms with Gasteiger partial charge in [0.15, 0.2) is 0 Å². The van der Waals surface area contributed by atoms with Crippen molar-refractivity contribution in [2.24, 2.45) is 16.7 Å². The molecular formula is C23H41NO4. The Morgan fingerprint density at radius 3 is 2.32 bits per heavy atom. The van der Waals surface area contributed by atoms with Gasteiger partial charge in [-0.1, -0.05) is 41.0 Å². The quantitative estimate of drug-likeness (QED) is 0.592. The van der Waals surface area contributed by atoms with Crippen LogP contribution < -0.4 is 0 Å². The molecule has 0 aromatic rings. The summed E-state index contributed by atoms with van der Waals surface area (Å²) in [6, 6.07) is 0. The number of hydrogen-bond acceptors (Lipinski definition) is 4. The third-order valence-corrected chi connectivity index (χ3v) is 7.11. The second kappa shape index (κ2) is 8.14. The summed E-state index contributed by atoms with van der Waals surface area (Å²) in [4.78, 5) is 14.4. The van der Waals surface area contributed by atoms with E-state index < -0.39 is 0 Å². The van der Waals surface area contributed by atoms with E-state index in [9.17, 15) is 4.79 Å². The summed E-state index contributed by atoms with van der Waals surface area (Å²) >= 11 is 0. The summed E-state index contributed by atoms with van der Waals surface area (Å²) in [6.45, 7) is 14.1. The smallest absolute Gasteiger partial charge is 0.410 e. The largest absolute Gasteiger partial charge is 0.443 e. The van der Waals surface area contributed by atoms with Crippen LogP contribution in [0.25, 0.3) is 0 Å². The van der Waals surface area contributed by atoms with E-state index in [-0.39, 0.29) is 35.2 Å². The first kappa shape index (κ1) is 21.9. The molecule has 0 aromatic carbocycles. The van der Waals surface area contributed by atoms with Gasteiger partial charge >= 0.3 is 6.09 Å². The summed E-state index contributed by atoms with van der Waals surface area (Å²) in [5.74, 6) is 0.245. The van der Waals surface area contributed by atoms with E-state index >= 15 is 0 Å². The lowest BCUT2D eigenvalue weighted by atomic mass is 9.61. The average molecular weight is 396 g/mol. The van der Waals surface area contributed by atoms with Crippen molar-refractivity contribution in [3.63, 3.8) is 0 Å². The van der Waals surface area contributed by atoms with Gasteiger partial charge in [0, 0.05) is 26.1 Å². The molecule has 4 atom stereocenters. The maximum atomic E-state index is 12.6. The zero-order valence-corrected chi connectivity index (χ0v) is 18.9. The van der Waals surface area contributed by atoms with E-state index in [0.717, 1.165) is 51.8 Å². The Hall–Kier alpha value is -0.810. The lowest BCUT2D eigenvalue weighted by Gasteiger charge is -2.48. The van der Waals surface area contributed by atoms with E-state index in [2.05, 4.69) is 34.6 Å². The number of ether oxygens (including phenoxy) is 3. The second-order valence-corrected chi connectivity index (χ2v) is 11.1. The highest BCUT2D eigenvalue weighted by atomic mass is 16.6. The molecule has 1 amide bonds. The molecule has 5 nitrogen and oxygen atoms in total. The van der Waals surface area contributed by atoms with Gasteiger partial charge < -0.3 is 19.1 Å². The molecule has 1 spiro atoms. The molecule has 0 radical (unpaired) electrons. The minimum Gasteiger partial charge on any atom is -0.443 e. The van der Waals surface area contributed by atoms with Gasteiger partial charge in [-0.2, -0.15) is 0 Å². The van der Waals surface area contributed by atoms with E-state index in [4.69, 9.17) is 14.2 Å². The van der Waals surface area contributed by atoms with Crippen molar-refractivity contribution >= 4 is 6.09 Å². The fourth-order valence-electron chi connectivity index (χ4n) is 5.54. The van der Waals surface area contributed by atoms with Crippen LogP contribution in [0.15, 0.2) is 0 Å². The highest BCUT2D eigenvalue weighted by molar-refractivity contribution is 5.68. The Morgan fingerprint density at radius 1 is 1.14 bits per heavy atom. The molecule has 3 fully saturated rings. The van der Waals surface area contributed by atoms with Crippen LogP contribution in [0, 0.1) is 16.7 Å². The summed E-state index contributed by atoms with van der Waals surface area (Å²) in [7, 11) is 1.76. The number of carbonyl (C=O) groups excluding carboxylic acids is 1. The van der Waals surface area contributed by atoms with Crippen molar-refractivity contribution in [2.45, 2.75) is 97.4 Å². The van der Waals surface area contributed by atoms with Gasteiger partial charge in [0.2, 0.25) is 0 Å². The van der Waals surface area contributed by atoms with Crippen molar-refractivity contribution in [3.8, 4) is 0 Å². The summed E-state index contributed by atoms with van der Waals surface area (Å²) in [5.41, 5.74) is 0.342. The van der Waals surface area contributed by atoms with Crippen molar-refractivity contribution in [3.05, 3.63) is 0 Å². The molecule has 1 saturated carbocycles. The van der Waals surface area contributed by atoms with Gasteiger partial charge in [0.25, 0.3) is 0 Å². The van der Waals surface area contributed by atoms with Crippen LogP contribution in [0.2, 0.25) is 0 Å². The van der Waals surface area contributed by atoms with Crippen molar-refractivity contribution in [2.75, 3.05) is 26.8 Å². The van der Waals surface area contributed by atoms with Gasteiger partial charge in [-0.05, 0) is 49.4 Å². The number of nitrogens with zero attached hydrogens (tertiary/aromatic N) is 1. The Balaban J connectivity index is 1.70. The lowest BCUT2D eigenvalue weighted by molar-refractivity contribution is -0.136. The molecule has 3 aliphatic rings. The Bertz CT molecular complexity index is 543. The van der Waals surface area contributed by atoms with Gasteiger partial charge in [-0.25, -0.2) is 4.79 Å². The molecule has 1 aliphatic carbocycles. The van der Waals surface area contributed by atoms with Gasteiger partial charge in [0.05, 0.1) is 12.2 Å². The maximum absolute atomic E-state index is 12.6. The molecule has 3 rings (SSSR count). The Morgan fingerprint density at radius 2 is 1.79 bits per heavy atom. The zero-order valence-electron chi connectivity index (χ0n) is 18.9. The predicted octanol–water partition coefficient (Wildman–Crippen LogP) is 5.02. The van der Waals surface area contributed by atoms with Crippen LogP contribution >= 0.6 is 0 Å². The third-order valence-electron chi connectivity index (χ3n) is 7.11. The first-order chi connectivity index (χ1) is 13.1. The SMILES string of the molecule is COC1C(OC(=O)N2CCCC2)CCC2(CO2)C1C(C)(C)CCCC(C)(C)C. The highest BCUT2D eigenvalue weighted by Gasteiger charge is 2.63. The van der Waals surface area contributed by atoms with Crippen LogP contribution in [0.3, 0.4) is 0 Å². The molecule has 162 valence electrons.